The van der Waals surface area contributed by atoms with Crippen LogP contribution in [0.2, 0.25) is 0 Å². The van der Waals surface area contributed by atoms with E-state index in [1.165, 1.54) is 12.8 Å². The van der Waals surface area contributed by atoms with E-state index in [0.717, 1.165) is 5.92 Å². The summed E-state index contributed by atoms with van der Waals surface area (Å²) < 4.78 is 5.44. The van der Waals surface area contributed by atoms with Crippen molar-refractivity contribution in [1.82, 2.24) is 15.5 Å². The molecule has 1 aromatic heterocycles. The van der Waals surface area contributed by atoms with Gasteiger partial charge in [-0.15, -0.1) is 5.10 Å². The predicted molar refractivity (Wildman–Crippen MR) is 57.5 cm³/mol. The first kappa shape index (κ1) is 10.4. The second kappa shape index (κ2) is 3.81. The molecule has 1 aliphatic carbocycles. The van der Waals surface area contributed by atoms with E-state index in [9.17, 15) is 0 Å². The number of hydrogen-bond donors (Lipinski definition) is 2. The molecule has 1 fully saturated rings. The fourth-order valence-electron chi connectivity index (χ4n) is 1.71. The third-order valence-electron chi connectivity index (χ3n) is 2.82. The highest BCUT2D eigenvalue weighted by Gasteiger charge is 2.38. The number of rotatable bonds is 5. The fourth-order valence-corrected chi connectivity index (χ4v) is 1.71. The molecule has 0 amide bonds. The highest BCUT2D eigenvalue weighted by molar-refractivity contribution is 5.25. The summed E-state index contributed by atoms with van der Waals surface area (Å²) in [5.74, 6) is 1.35. The molecule has 2 N–H and O–H groups in total. The molecule has 1 heterocycles. The van der Waals surface area contributed by atoms with Crippen LogP contribution < -0.4 is 10.6 Å². The summed E-state index contributed by atoms with van der Waals surface area (Å²) >= 11 is 0. The maximum Gasteiger partial charge on any atom is 0.315 e. The van der Waals surface area contributed by atoms with Crippen LogP contribution >= 0.6 is 0 Å². The number of nitrogens with zero attached hydrogens (tertiary/aromatic N) is 2. The van der Waals surface area contributed by atoms with Gasteiger partial charge in [0, 0.05) is 5.54 Å². The van der Waals surface area contributed by atoms with Gasteiger partial charge in [0.05, 0.1) is 6.54 Å². The monoisotopic (exact) mass is 210 g/mol. The zero-order chi connectivity index (χ0) is 10.9. The zero-order valence-corrected chi connectivity index (χ0v) is 9.50. The molecular formula is C10H18N4O. The SMILES string of the molecule is CNCc1nnc(NC(C)(C)C2CC2)o1. The van der Waals surface area contributed by atoms with Gasteiger partial charge in [0.15, 0.2) is 0 Å². The summed E-state index contributed by atoms with van der Waals surface area (Å²) in [6, 6.07) is 0.525. The molecule has 0 aliphatic heterocycles. The van der Waals surface area contributed by atoms with Crippen LogP contribution in [0.25, 0.3) is 0 Å². The quantitative estimate of drug-likeness (QED) is 0.769. The summed E-state index contributed by atoms with van der Waals surface area (Å²) in [7, 11) is 1.85. The minimum Gasteiger partial charge on any atom is -0.407 e. The van der Waals surface area contributed by atoms with Crippen molar-refractivity contribution in [2.45, 2.75) is 38.8 Å². The second-order valence-electron chi connectivity index (χ2n) is 4.65. The van der Waals surface area contributed by atoms with Gasteiger partial charge in [0.25, 0.3) is 0 Å². The van der Waals surface area contributed by atoms with Gasteiger partial charge in [-0.1, -0.05) is 5.10 Å². The van der Waals surface area contributed by atoms with Crippen LogP contribution in [-0.4, -0.2) is 22.8 Å². The zero-order valence-electron chi connectivity index (χ0n) is 9.50. The first-order chi connectivity index (χ1) is 7.12. The van der Waals surface area contributed by atoms with Gasteiger partial charge in [-0.3, -0.25) is 0 Å². The largest absolute Gasteiger partial charge is 0.407 e. The molecule has 0 saturated heterocycles. The Morgan fingerprint density at radius 3 is 2.73 bits per heavy atom. The van der Waals surface area contributed by atoms with E-state index in [-0.39, 0.29) is 5.54 Å². The topological polar surface area (TPSA) is 63.0 Å². The van der Waals surface area contributed by atoms with E-state index in [2.05, 4.69) is 34.7 Å². The Balaban J connectivity index is 1.97. The van der Waals surface area contributed by atoms with Gasteiger partial charge in [-0.2, -0.15) is 0 Å². The third-order valence-corrected chi connectivity index (χ3v) is 2.82. The number of aromatic nitrogens is 2. The Hall–Kier alpha value is -1.10. The van der Waals surface area contributed by atoms with E-state index >= 15 is 0 Å². The van der Waals surface area contributed by atoms with Crippen molar-refractivity contribution in [3.05, 3.63) is 5.89 Å². The molecule has 5 heteroatoms. The highest BCUT2D eigenvalue weighted by atomic mass is 16.4. The van der Waals surface area contributed by atoms with Crippen LogP contribution in [0.4, 0.5) is 6.01 Å². The van der Waals surface area contributed by atoms with Crippen molar-refractivity contribution in [3.63, 3.8) is 0 Å². The average Bonchev–Trinajstić information content (AvgIpc) is 2.92. The molecule has 0 radical (unpaired) electrons. The summed E-state index contributed by atoms with van der Waals surface area (Å²) in [5.41, 5.74) is 0.0590. The summed E-state index contributed by atoms with van der Waals surface area (Å²) in [5, 5.41) is 14.2. The van der Waals surface area contributed by atoms with Crippen LogP contribution in [0.15, 0.2) is 4.42 Å². The maximum absolute atomic E-state index is 5.44. The first-order valence-corrected chi connectivity index (χ1v) is 5.37. The molecule has 0 atom stereocenters. The Labute approximate surface area is 89.6 Å². The lowest BCUT2D eigenvalue weighted by Crippen LogP contribution is -2.33. The molecule has 84 valence electrons. The van der Waals surface area contributed by atoms with Crippen LogP contribution in [0.5, 0.6) is 0 Å². The Bertz CT molecular complexity index is 330. The molecule has 0 unspecified atom stereocenters. The molecule has 1 aromatic rings. The lowest BCUT2D eigenvalue weighted by molar-refractivity contribution is 0.442. The standard InChI is InChI=1S/C10H18N4O/c1-10(2,7-4-5-7)12-9-14-13-8(15-9)6-11-3/h7,11H,4-6H2,1-3H3,(H,12,14). The third kappa shape index (κ3) is 2.47. The smallest absolute Gasteiger partial charge is 0.315 e. The van der Waals surface area contributed by atoms with Crippen LogP contribution in [0.3, 0.4) is 0 Å². The average molecular weight is 210 g/mol. The van der Waals surface area contributed by atoms with Crippen molar-refractivity contribution in [3.8, 4) is 0 Å². The molecule has 1 saturated carbocycles. The van der Waals surface area contributed by atoms with E-state index in [0.29, 0.717) is 18.5 Å². The maximum atomic E-state index is 5.44. The van der Waals surface area contributed by atoms with Crippen molar-refractivity contribution >= 4 is 6.01 Å². The number of hydrogen-bond acceptors (Lipinski definition) is 5. The van der Waals surface area contributed by atoms with Gasteiger partial charge >= 0.3 is 6.01 Å². The molecule has 15 heavy (non-hydrogen) atoms. The van der Waals surface area contributed by atoms with Crippen LogP contribution in [0.1, 0.15) is 32.6 Å². The van der Waals surface area contributed by atoms with E-state index < -0.39 is 0 Å². The van der Waals surface area contributed by atoms with Gasteiger partial charge in [0.1, 0.15) is 0 Å². The fraction of sp³-hybridized carbons (Fsp3) is 0.800. The second-order valence-corrected chi connectivity index (χ2v) is 4.65. The predicted octanol–water partition coefficient (Wildman–Crippen LogP) is 1.39. The van der Waals surface area contributed by atoms with Crippen molar-refractivity contribution in [2.75, 3.05) is 12.4 Å². The van der Waals surface area contributed by atoms with Gasteiger partial charge in [0.2, 0.25) is 5.89 Å². The molecule has 2 rings (SSSR count). The van der Waals surface area contributed by atoms with E-state index in [4.69, 9.17) is 4.42 Å². The Morgan fingerprint density at radius 2 is 2.13 bits per heavy atom. The normalized spacial score (nSPS) is 16.7. The van der Waals surface area contributed by atoms with E-state index in [1.807, 2.05) is 7.05 Å². The minimum absolute atomic E-state index is 0.0590. The van der Waals surface area contributed by atoms with Crippen LogP contribution in [0, 0.1) is 5.92 Å². The van der Waals surface area contributed by atoms with Crippen molar-refractivity contribution in [1.29, 1.82) is 0 Å². The summed E-state index contributed by atoms with van der Waals surface area (Å²) in [6.07, 6.45) is 2.58. The van der Waals surface area contributed by atoms with Crippen molar-refractivity contribution < 1.29 is 4.42 Å². The lowest BCUT2D eigenvalue weighted by atomic mass is 9.99. The van der Waals surface area contributed by atoms with Gasteiger partial charge in [-0.25, -0.2) is 0 Å². The van der Waals surface area contributed by atoms with Gasteiger partial charge in [-0.05, 0) is 39.7 Å². The Kier molecular flexibility index (Phi) is 2.65. The van der Waals surface area contributed by atoms with Crippen molar-refractivity contribution in [2.24, 2.45) is 5.92 Å². The highest BCUT2D eigenvalue weighted by Crippen LogP contribution is 2.40. The molecule has 0 aromatic carbocycles. The minimum atomic E-state index is 0.0590. The Morgan fingerprint density at radius 1 is 1.40 bits per heavy atom. The molecule has 0 bridgehead atoms. The molecule has 5 nitrogen and oxygen atoms in total. The van der Waals surface area contributed by atoms with Gasteiger partial charge < -0.3 is 15.1 Å². The molecule has 1 aliphatic rings. The molecular weight excluding hydrogens is 192 g/mol. The lowest BCUT2D eigenvalue weighted by Gasteiger charge is -2.24. The summed E-state index contributed by atoms with van der Waals surface area (Å²) in [4.78, 5) is 0. The van der Waals surface area contributed by atoms with E-state index in [1.54, 1.807) is 0 Å². The number of anilines is 1. The summed E-state index contributed by atoms with van der Waals surface area (Å²) in [6.45, 7) is 4.96. The first-order valence-electron chi connectivity index (χ1n) is 5.37. The molecule has 0 spiro atoms. The number of nitrogens with one attached hydrogen (secondary N) is 2. The van der Waals surface area contributed by atoms with Crippen LogP contribution in [-0.2, 0) is 6.54 Å².